The van der Waals surface area contributed by atoms with Crippen molar-refractivity contribution in [3.05, 3.63) is 64.8 Å². The van der Waals surface area contributed by atoms with Crippen LogP contribution in [0.4, 0.5) is 0 Å². The van der Waals surface area contributed by atoms with Crippen molar-refractivity contribution < 1.29 is 9.32 Å². The number of hydrogen-bond acceptors (Lipinski definition) is 5. The Morgan fingerprint density at radius 3 is 2.96 bits per heavy atom. The summed E-state index contributed by atoms with van der Waals surface area (Å²) in [6, 6.07) is 8.11. The van der Waals surface area contributed by atoms with Gasteiger partial charge in [-0.1, -0.05) is 24.2 Å². The predicted molar refractivity (Wildman–Crippen MR) is 98.1 cm³/mol. The number of benzene rings is 1. The summed E-state index contributed by atoms with van der Waals surface area (Å²) >= 11 is 0. The van der Waals surface area contributed by atoms with E-state index in [1.807, 2.05) is 26.0 Å². The van der Waals surface area contributed by atoms with Crippen molar-refractivity contribution in [2.75, 3.05) is 0 Å². The summed E-state index contributed by atoms with van der Waals surface area (Å²) in [7, 11) is 0. The van der Waals surface area contributed by atoms with E-state index in [4.69, 9.17) is 4.52 Å². The molecule has 5 heteroatoms. The SMILES string of the molecule is CCc1nc(-c2ccc3c(c2)CC[C@H]3CC(=O)c2ccncc2C)no1. The summed E-state index contributed by atoms with van der Waals surface area (Å²) in [6.45, 7) is 3.93. The molecule has 0 spiro atoms. The van der Waals surface area contributed by atoms with Gasteiger partial charge in [-0.3, -0.25) is 9.78 Å². The lowest BCUT2D eigenvalue weighted by Crippen LogP contribution is -2.07. The molecule has 2 aromatic heterocycles. The second kappa shape index (κ2) is 6.83. The third kappa shape index (κ3) is 3.05. The fourth-order valence-electron chi connectivity index (χ4n) is 3.69. The van der Waals surface area contributed by atoms with Gasteiger partial charge >= 0.3 is 0 Å². The van der Waals surface area contributed by atoms with Crippen LogP contribution < -0.4 is 0 Å². The lowest BCUT2D eigenvalue weighted by atomic mass is 9.92. The van der Waals surface area contributed by atoms with Crippen molar-refractivity contribution in [1.29, 1.82) is 0 Å². The lowest BCUT2D eigenvalue weighted by Gasteiger charge is -2.12. The monoisotopic (exact) mass is 347 g/mol. The number of ketones is 1. The van der Waals surface area contributed by atoms with E-state index in [-0.39, 0.29) is 11.7 Å². The van der Waals surface area contributed by atoms with Gasteiger partial charge in [0.05, 0.1) is 0 Å². The Morgan fingerprint density at radius 2 is 2.19 bits per heavy atom. The Kier molecular flexibility index (Phi) is 4.37. The number of nitrogens with zero attached hydrogens (tertiary/aromatic N) is 3. The second-order valence-electron chi connectivity index (χ2n) is 6.83. The van der Waals surface area contributed by atoms with Gasteiger partial charge in [-0.15, -0.1) is 0 Å². The zero-order chi connectivity index (χ0) is 18.1. The van der Waals surface area contributed by atoms with Crippen LogP contribution in [0.1, 0.15) is 58.6 Å². The zero-order valence-corrected chi connectivity index (χ0v) is 15.0. The first-order chi connectivity index (χ1) is 12.7. The normalized spacial score (nSPS) is 15.8. The van der Waals surface area contributed by atoms with Crippen molar-refractivity contribution in [3.63, 3.8) is 0 Å². The van der Waals surface area contributed by atoms with Crippen LogP contribution in [0.5, 0.6) is 0 Å². The Hall–Kier alpha value is -2.82. The van der Waals surface area contributed by atoms with E-state index in [2.05, 4.69) is 27.3 Å². The van der Waals surface area contributed by atoms with Gasteiger partial charge in [-0.25, -0.2) is 0 Å². The maximum absolute atomic E-state index is 12.7. The Morgan fingerprint density at radius 1 is 1.31 bits per heavy atom. The molecule has 0 amide bonds. The Balaban J connectivity index is 1.55. The van der Waals surface area contributed by atoms with Gasteiger partial charge in [0, 0.05) is 36.4 Å². The van der Waals surface area contributed by atoms with Crippen LogP contribution in [0.15, 0.2) is 41.2 Å². The van der Waals surface area contributed by atoms with E-state index in [1.54, 1.807) is 12.4 Å². The highest BCUT2D eigenvalue weighted by Gasteiger charge is 2.26. The van der Waals surface area contributed by atoms with E-state index in [9.17, 15) is 4.79 Å². The summed E-state index contributed by atoms with van der Waals surface area (Å²) < 4.78 is 5.21. The van der Waals surface area contributed by atoms with Gasteiger partial charge in [0.2, 0.25) is 11.7 Å². The molecule has 0 aliphatic heterocycles. The molecule has 1 aromatic carbocycles. The van der Waals surface area contributed by atoms with Crippen molar-refractivity contribution in [3.8, 4) is 11.4 Å². The molecular weight excluding hydrogens is 326 g/mol. The fourth-order valence-corrected chi connectivity index (χ4v) is 3.69. The van der Waals surface area contributed by atoms with Crippen LogP contribution in [0.3, 0.4) is 0 Å². The Bertz CT molecular complexity index is 961. The summed E-state index contributed by atoms with van der Waals surface area (Å²) in [5.74, 6) is 1.75. The topological polar surface area (TPSA) is 68.9 Å². The first-order valence-electron chi connectivity index (χ1n) is 9.05. The van der Waals surface area contributed by atoms with Crippen LogP contribution >= 0.6 is 0 Å². The molecule has 0 radical (unpaired) electrons. The molecule has 2 heterocycles. The number of fused-ring (bicyclic) bond motifs is 1. The fraction of sp³-hybridized carbons (Fsp3) is 0.333. The molecule has 0 bridgehead atoms. The average Bonchev–Trinajstić information content (AvgIpc) is 3.29. The van der Waals surface area contributed by atoms with Gasteiger partial charge in [0.25, 0.3) is 0 Å². The molecule has 26 heavy (non-hydrogen) atoms. The maximum Gasteiger partial charge on any atom is 0.226 e. The first-order valence-corrected chi connectivity index (χ1v) is 9.05. The van der Waals surface area contributed by atoms with E-state index >= 15 is 0 Å². The van der Waals surface area contributed by atoms with E-state index in [0.29, 0.717) is 18.1 Å². The largest absolute Gasteiger partial charge is 0.339 e. The zero-order valence-electron chi connectivity index (χ0n) is 15.0. The van der Waals surface area contributed by atoms with Crippen molar-refractivity contribution >= 4 is 5.78 Å². The first kappa shape index (κ1) is 16.6. The van der Waals surface area contributed by atoms with Gasteiger partial charge in [-0.05, 0) is 54.5 Å². The van der Waals surface area contributed by atoms with Crippen molar-refractivity contribution in [2.45, 2.75) is 45.4 Å². The number of carbonyl (C=O) groups excluding carboxylic acids is 1. The number of aryl methyl sites for hydroxylation is 3. The highest BCUT2D eigenvalue weighted by Crippen LogP contribution is 2.38. The summed E-state index contributed by atoms with van der Waals surface area (Å²) in [6.07, 6.45) is 6.69. The predicted octanol–water partition coefficient (Wildman–Crippen LogP) is 4.31. The number of aromatic nitrogens is 3. The quantitative estimate of drug-likeness (QED) is 0.644. The molecule has 0 saturated heterocycles. The lowest BCUT2D eigenvalue weighted by molar-refractivity contribution is 0.0973. The highest BCUT2D eigenvalue weighted by atomic mass is 16.5. The third-order valence-electron chi connectivity index (χ3n) is 5.13. The highest BCUT2D eigenvalue weighted by molar-refractivity contribution is 5.97. The molecule has 132 valence electrons. The number of Topliss-reactive ketones (excluding diaryl/α,β-unsaturated/α-hetero) is 1. The molecule has 0 N–H and O–H groups in total. The molecular formula is C21H21N3O2. The molecule has 4 rings (SSSR count). The van der Waals surface area contributed by atoms with Crippen LogP contribution in [0.2, 0.25) is 0 Å². The number of hydrogen-bond donors (Lipinski definition) is 0. The smallest absolute Gasteiger partial charge is 0.226 e. The van der Waals surface area contributed by atoms with Gasteiger partial charge in [-0.2, -0.15) is 4.98 Å². The molecule has 1 aliphatic carbocycles. The second-order valence-corrected chi connectivity index (χ2v) is 6.83. The molecule has 3 aromatic rings. The van der Waals surface area contributed by atoms with Gasteiger partial charge in [0.15, 0.2) is 5.78 Å². The van der Waals surface area contributed by atoms with Crippen LogP contribution in [-0.2, 0) is 12.8 Å². The number of carbonyl (C=O) groups is 1. The minimum Gasteiger partial charge on any atom is -0.339 e. The van der Waals surface area contributed by atoms with Gasteiger partial charge < -0.3 is 4.52 Å². The third-order valence-corrected chi connectivity index (χ3v) is 5.13. The van der Waals surface area contributed by atoms with Crippen LogP contribution in [0, 0.1) is 6.92 Å². The maximum atomic E-state index is 12.7. The summed E-state index contributed by atoms with van der Waals surface area (Å²) in [5.41, 5.74) is 5.26. The minimum absolute atomic E-state index is 0.192. The molecule has 0 saturated carbocycles. The summed E-state index contributed by atoms with van der Waals surface area (Å²) in [4.78, 5) is 21.2. The van der Waals surface area contributed by atoms with E-state index < -0.39 is 0 Å². The number of pyridine rings is 1. The molecule has 0 unspecified atom stereocenters. The van der Waals surface area contributed by atoms with Crippen molar-refractivity contribution in [2.24, 2.45) is 0 Å². The van der Waals surface area contributed by atoms with E-state index in [1.165, 1.54) is 11.1 Å². The van der Waals surface area contributed by atoms with E-state index in [0.717, 1.165) is 36.0 Å². The molecule has 0 fully saturated rings. The Labute approximate surface area is 152 Å². The molecule has 1 aliphatic rings. The molecule has 1 atom stereocenters. The molecule has 5 nitrogen and oxygen atoms in total. The van der Waals surface area contributed by atoms with Crippen LogP contribution in [-0.4, -0.2) is 20.9 Å². The van der Waals surface area contributed by atoms with Gasteiger partial charge in [0.1, 0.15) is 0 Å². The van der Waals surface area contributed by atoms with Crippen molar-refractivity contribution in [1.82, 2.24) is 15.1 Å². The van der Waals surface area contributed by atoms with Crippen LogP contribution in [0.25, 0.3) is 11.4 Å². The standard InChI is InChI=1S/C21H21N3O2/c1-3-20-23-21(24-26-20)16-6-7-18-14(10-16)4-5-15(18)11-19(25)17-8-9-22-12-13(17)2/h6-10,12,15H,3-5,11H2,1-2H3/t15-/m0/s1. The summed E-state index contributed by atoms with van der Waals surface area (Å²) in [5, 5.41) is 4.05. The minimum atomic E-state index is 0.192. The average molecular weight is 347 g/mol. The number of rotatable bonds is 5.